The average molecular weight is 467 g/mol. The highest BCUT2D eigenvalue weighted by Crippen LogP contribution is 2.39. The smallest absolute Gasteiger partial charge is 0.0183 e. The van der Waals surface area contributed by atoms with Gasteiger partial charge < -0.3 is 4.90 Å². The van der Waals surface area contributed by atoms with Crippen molar-refractivity contribution in [1.29, 1.82) is 0 Å². The van der Waals surface area contributed by atoms with Gasteiger partial charge >= 0.3 is 0 Å². The molecule has 0 aliphatic heterocycles. The molecule has 0 heterocycles. The Labute approximate surface area is 211 Å². The first-order chi connectivity index (χ1) is 14.6. The average Bonchev–Trinajstić information content (AvgIpc) is 2.61. The standard InChI is InChI=1S/C31H66N2/c1-23(2)20-30(12,13)33(17)31(14,15)27(7)25(5)18-19-26(6)29(10,11)22-32(16)21-28(8,9)24(3)4/h23-27H,18-22H2,1-17H3. The summed E-state index contributed by atoms with van der Waals surface area (Å²) in [5.74, 6) is 3.51. The molecule has 0 aromatic carbocycles. The van der Waals surface area contributed by atoms with E-state index in [0.717, 1.165) is 11.8 Å². The molecule has 2 heteroatoms. The molecular weight excluding hydrogens is 400 g/mol. The Morgan fingerprint density at radius 2 is 1.09 bits per heavy atom. The molecule has 0 aromatic rings. The summed E-state index contributed by atoms with van der Waals surface area (Å²) in [7, 11) is 4.67. The Bertz CT molecular complexity index is 555. The quantitative estimate of drug-likeness (QED) is 0.238. The van der Waals surface area contributed by atoms with Gasteiger partial charge in [0.2, 0.25) is 0 Å². The minimum Gasteiger partial charge on any atom is -0.305 e. The molecule has 200 valence electrons. The van der Waals surface area contributed by atoms with Crippen molar-refractivity contribution in [2.45, 2.75) is 134 Å². The van der Waals surface area contributed by atoms with Crippen LogP contribution in [-0.2, 0) is 0 Å². The highest BCUT2D eigenvalue weighted by Gasteiger charge is 2.40. The van der Waals surface area contributed by atoms with Crippen LogP contribution in [0.1, 0.15) is 123 Å². The van der Waals surface area contributed by atoms with Crippen LogP contribution in [0.2, 0.25) is 0 Å². The molecule has 0 rings (SSSR count). The molecule has 3 unspecified atom stereocenters. The van der Waals surface area contributed by atoms with Crippen molar-refractivity contribution >= 4 is 0 Å². The van der Waals surface area contributed by atoms with Gasteiger partial charge in [-0.15, -0.1) is 0 Å². The normalized spacial score (nSPS) is 17.4. The van der Waals surface area contributed by atoms with E-state index in [4.69, 9.17) is 0 Å². The number of hydrogen-bond acceptors (Lipinski definition) is 2. The van der Waals surface area contributed by atoms with Crippen LogP contribution >= 0.6 is 0 Å². The molecule has 0 aromatic heterocycles. The van der Waals surface area contributed by atoms with E-state index < -0.39 is 0 Å². The molecule has 0 fully saturated rings. The molecule has 0 saturated carbocycles. The predicted molar refractivity (Wildman–Crippen MR) is 152 cm³/mol. The van der Waals surface area contributed by atoms with Crippen LogP contribution in [0.5, 0.6) is 0 Å². The van der Waals surface area contributed by atoms with E-state index in [0.29, 0.717) is 28.6 Å². The summed E-state index contributed by atoms with van der Waals surface area (Å²) >= 11 is 0. The Hall–Kier alpha value is -0.0800. The van der Waals surface area contributed by atoms with Gasteiger partial charge in [-0.3, -0.25) is 4.90 Å². The third-order valence-electron chi connectivity index (χ3n) is 9.96. The van der Waals surface area contributed by atoms with Crippen LogP contribution in [0.15, 0.2) is 0 Å². The fraction of sp³-hybridized carbons (Fsp3) is 1.00. The second-order valence-corrected chi connectivity index (χ2v) is 15.2. The van der Waals surface area contributed by atoms with E-state index in [-0.39, 0.29) is 11.1 Å². The monoisotopic (exact) mass is 467 g/mol. The zero-order chi connectivity index (χ0) is 26.6. The molecule has 3 atom stereocenters. The van der Waals surface area contributed by atoms with E-state index in [2.05, 4.69) is 128 Å². The van der Waals surface area contributed by atoms with Crippen LogP contribution in [0.25, 0.3) is 0 Å². The summed E-state index contributed by atoms with van der Waals surface area (Å²) in [6, 6.07) is 0. The Morgan fingerprint density at radius 1 is 0.636 bits per heavy atom. The summed E-state index contributed by atoms with van der Waals surface area (Å²) < 4.78 is 0. The Balaban J connectivity index is 5.05. The van der Waals surface area contributed by atoms with Crippen LogP contribution in [-0.4, -0.2) is 48.1 Å². The molecule has 0 saturated heterocycles. The zero-order valence-corrected chi connectivity index (χ0v) is 26.3. The summed E-state index contributed by atoms with van der Waals surface area (Å²) in [6.07, 6.45) is 3.87. The van der Waals surface area contributed by atoms with Gasteiger partial charge in [-0.1, -0.05) is 82.6 Å². The molecule has 0 aliphatic rings. The van der Waals surface area contributed by atoms with Gasteiger partial charge in [0.05, 0.1) is 0 Å². The topological polar surface area (TPSA) is 6.48 Å². The van der Waals surface area contributed by atoms with Crippen LogP contribution in [0, 0.1) is 40.4 Å². The summed E-state index contributed by atoms with van der Waals surface area (Å²) in [5.41, 5.74) is 1.09. The first-order valence-electron chi connectivity index (χ1n) is 14.0. The molecule has 0 amide bonds. The van der Waals surface area contributed by atoms with Gasteiger partial charge in [0.15, 0.2) is 0 Å². The van der Waals surface area contributed by atoms with Gasteiger partial charge in [0.25, 0.3) is 0 Å². The van der Waals surface area contributed by atoms with Crippen molar-refractivity contribution in [3.05, 3.63) is 0 Å². The number of rotatable bonds is 15. The first-order valence-corrected chi connectivity index (χ1v) is 14.0. The second kappa shape index (κ2) is 12.2. The molecule has 0 bridgehead atoms. The molecular formula is C31H66N2. The lowest BCUT2D eigenvalue weighted by molar-refractivity contribution is -0.0182. The molecule has 33 heavy (non-hydrogen) atoms. The maximum absolute atomic E-state index is 2.67. The molecule has 2 nitrogen and oxygen atoms in total. The summed E-state index contributed by atoms with van der Waals surface area (Å²) in [5, 5.41) is 0. The number of hydrogen-bond donors (Lipinski definition) is 0. The molecule has 0 N–H and O–H groups in total. The van der Waals surface area contributed by atoms with E-state index in [1.54, 1.807) is 0 Å². The third-order valence-corrected chi connectivity index (χ3v) is 9.96. The summed E-state index contributed by atoms with van der Waals surface area (Å²) in [6.45, 7) is 38.8. The minimum atomic E-state index is 0.180. The third kappa shape index (κ3) is 9.83. The van der Waals surface area contributed by atoms with Crippen LogP contribution in [0.3, 0.4) is 0 Å². The Morgan fingerprint density at radius 3 is 1.52 bits per heavy atom. The van der Waals surface area contributed by atoms with E-state index >= 15 is 0 Å². The minimum absolute atomic E-state index is 0.180. The zero-order valence-electron chi connectivity index (χ0n) is 26.3. The molecule has 0 spiro atoms. The lowest BCUT2D eigenvalue weighted by Gasteiger charge is -2.51. The van der Waals surface area contributed by atoms with Crippen molar-refractivity contribution in [3.63, 3.8) is 0 Å². The fourth-order valence-electron chi connectivity index (χ4n) is 5.86. The maximum Gasteiger partial charge on any atom is 0.0183 e. The van der Waals surface area contributed by atoms with Crippen LogP contribution in [0.4, 0.5) is 0 Å². The molecule has 0 radical (unpaired) electrons. The van der Waals surface area contributed by atoms with Gasteiger partial charge in [-0.25, -0.2) is 0 Å². The van der Waals surface area contributed by atoms with Crippen molar-refractivity contribution in [2.24, 2.45) is 40.4 Å². The van der Waals surface area contributed by atoms with Gasteiger partial charge in [0, 0.05) is 24.2 Å². The Kier molecular flexibility index (Phi) is 12.2. The van der Waals surface area contributed by atoms with Crippen molar-refractivity contribution in [3.8, 4) is 0 Å². The van der Waals surface area contributed by atoms with Crippen molar-refractivity contribution in [2.75, 3.05) is 27.2 Å². The predicted octanol–water partition coefficient (Wildman–Crippen LogP) is 8.85. The van der Waals surface area contributed by atoms with E-state index in [9.17, 15) is 0 Å². The number of nitrogens with zero attached hydrogens (tertiary/aromatic N) is 2. The van der Waals surface area contributed by atoms with Crippen molar-refractivity contribution < 1.29 is 0 Å². The first kappa shape index (κ1) is 32.9. The van der Waals surface area contributed by atoms with Gasteiger partial charge in [-0.2, -0.15) is 0 Å². The lowest BCUT2D eigenvalue weighted by Crippen LogP contribution is -2.57. The van der Waals surface area contributed by atoms with Gasteiger partial charge in [-0.05, 0) is 95.1 Å². The van der Waals surface area contributed by atoms with Gasteiger partial charge in [0.1, 0.15) is 0 Å². The second-order valence-electron chi connectivity index (χ2n) is 15.2. The highest BCUT2D eigenvalue weighted by atomic mass is 15.2. The van der Waals surface area contributed by atoms with E-state index in [1.165, 1.54) is 32.4 Å². The lowest BCUT2D eigenvalue weighted by atomic mass is 9.71. The van der Waals surface area contributed by atoms with Crippen molar-refractivity contribution in [1.82, 2.24) is 9.80 Å². The van der Waals surface area contributed by atoms with Crippen LogP contribution < -0.4 is 0 Å². The van der Waals surface area contributed by atoms with E-state index in [1.807, 2.05) is 0 Å². The summed E-state index contributed by atoms with van der Waals surface area (Å²) in [4.78, 5) is 5.25. The highest BCUT2D eigenvalue weighted by molar-refractivity contribution is 4.95. The SMILES string of the molecule is CC(C)CC(C)(C)N(C)C(C)(C)C(C)C(C)CCC(C)C(C)(C)CN(C)CC(C)(C)C(C)C. The molecule has 0 aliphatic carbocycles. The largest absolute Gasteiger partial charge is 0.305 e. The maximum atomic E-state index is 2.67. The fourth-order valence-corrected chi connectivity index (χ4v) is 5.86.